The Hall–Kier alpha value is -2.09. The number of aryl methyl sites for hydroxylation is 2. The van der Waals surface area contributed by atoms with E-state index in [0.29, 0.717) is 0 Å². The van der Waals surface area contributed by atoms with Gasteiger partial charge in [0, 0.05) is 36.9 Å². The van der Waals surface area contributed by atoms with Gasteiger partial charge in [-0.05, 0) is 37.1 Å². The highest BCUT2D eigenvalue weighted by atomic mass is 32.1. The number of thiophene rings is 1. The van der Waals surface area contributed by atoms with Crippen molar-refractivity contribution < 1.29 is 4.74 Å². The van der Waals surface area contributed by atoms with Gasteiger partial charge in [0.25, 0.3) is 0 Å². The highest BCUT2D eigenvalue weighted by Crippen LogP contribution is 2.33. The molecular weight excluding hydrogens is 346 g/mol. The van der Waals surface area contributed by atoms with E-state index in [9.17, 15) is 0 Å². The van der Waals surface area contributed by atoms with E-state index in [2.05, 4.69) is 29.0 Å². The van der Waals surface area contributed by atoms with Gasteiger partial charge in [-0.25, -0.2) is 9.97 Å². The lowest BCUT2D eigenvalue weighted by atomic mass is 10.2. The maximum absolute atomic E-state index is 5.44. The standard InChI is InChI=1S/C19H23N5OS/c1-13-14(2)26-19-17(13)18(21-11-15-3-5-20-6-4-15)22-16(23-19)12-24-7-9-25-10-8-24/h3-6H,7-12H2,1-2H3,(H,21,22,23). The topological polar surface area (TPSA) is 63.2 Å². The Morgan fingerprint density at radius 3 is 2.69 bits per heavy atom. The van der Waals surface area contributed by atoms with Crippen molar-refractivity contribution in [2.24, 2.45) is 0 Å². The van der Waals surface area contributed by atoms with Gasteiger partial charge in [-0.3, -0.25) is 9.88 Å². The first kappa shape index (κ1) is 17.3. The molecule has 0 bridgehead atoms. The largest absolute Gasteiger partial charge is 0.379 e. The van der Waals surface area contributed by atoms with E-state index < -0.39 is 0 Å². The predicted octanol–water partition coefficient (Wildman–Crippen LogP) is 3.15. The number of pyridine rings is 1. The van der Waals surface area contributed by atoms with Crippen LogP contribution in [-0.4, -0.2) is 46.2 Å². The molecule has 0 amide bonds. The molecule has 3 aromatic heterocycles. The zero-order valence-corrected chi connectivity index (χ0v) is 16.0. The fourth-order valence-electron chi connectivity index (χ4n) is 3.14. The first-order valence-electron chi connectivity index (χ1n) is 8.90. The first-order chi connectivity index (χ1) is 12.7. The summed E-state index contributed by atoms with van der Waals surface area (Å²) in [6.45, 7) is 9.22. The number of morpholine rings is 1. The van der Waals surface area contributed by atoms with E-state index in [4.69, 9.17) is 14.7 Å². The third kappa shape index (κ3) is 3.70. The molecule has 6 nitrogen and oxygen atoms in total. The van der Waals surface area contributed by atoms with Gasteiger partial charge in [0.2, 0.25) is 0 Å². The van der Waals surface area contributed by atoms with E-state index in [-0.39, 0.29) is 0 Å². The lowest BCUT2D eigenvalue weighted by Crippen LogP contribution is -2.36. The summed E-state index contributed by atoms with van der Waals surface area (Å²) in [5.74, 6) is 1.80. The Balaban J connectivity index is 1.64. The summed E-state index contributed by atoms with van der Waals surface area (Å²) >= 11 is 1.75. The van der Waals surface area contributed by atoms with E-state index in [0.717, 1.165) is 61.3 Å². The normalized spacial score (nSPS) is 15.5. The molecular formula is C19H23N5OS. The number of anilines is 1. The van der Waals surface area contributed by atoms with Crippen LogP contribution in [0.3, 0.4) is 0 Å². The monoisotopic (exact) mass is 369 g/mol. The Bertz CT molecular complexity index is 890. The molecule has 0 unspecified atom stereocenters. The third-order valence-electron chi connectivity index (χ3n) is 4.75. The zero-order chi connectivity index (χ0) is 17.9. The van der Waals surface area contributed by atoms with Crippen LogP contribution in [0.2, 0.25) is 0 Å². The van der Waals surface area contributed by atoms with E-state index in [1.165, 1.54) is 16.0 Å². The number of hydrogen-bond acceptors (Lipinski definition) is 7. The van der Waals surface area contributed by atoms with Gasteiger partial charge >= 0.3 is 0 Å². The van der Waals surface area contributed by atoms with Crippen molar-refractivity contribution >= 4 is 27.4 Å². The van der Waals surface area contributed by atoms with Crippen LogP contribution >= 0.6 is 11.3 Å². The van der Waals surface area contributed by atoms with Crippen LogP contribution in [0.1, 0.15) is 21.8 Å². The number of nitrogens with one attached hydrogen (secondary N) is 1. The van der Waals surface area contributed by atoms with Crippen LogP contribution in [0.4, 0.5) is 5.82 Å². The molecule has 0 aliphatic carbocycles. The molecule has 1 fully saturated rings. The van der Waals surface area contributed by atoms with Gasteiger partial charge in [-0.1, -0.05) is 0 Å². The molecule has 1 N–H and O–H groups in total. The summed E-state index contributed by atoms with van der Waals surface area (Å²) in [4.78, 5) is 18.5. The van der Waals surface area contributed by atoms with Gasteiger partial charge in [0.1, 0.15) is 16.5 Å². The molecule has 0 radical (unpaired) electrons. The van der Waals surface area contributed by atoms with Crippen LogP contribution in [0, 0.1) is 13.8 Å². The highest BCUT2D eigenvalue weighted by Gasteiger charge is 2.17. The van der Waals surface area contributed by atoms with Gasteiger partial charge in [-0.15, -0.1) is 11.3 Å². The van der Waals surface area contributed by atoms with Crippen molar-refractivity contribution in [3.63, 3.8) is 0 Å². The van der Waals surface area contributed by atoms with Gasteiger partial charge in [0.15, 0.2) is 0 Å². The molecule has 0 saturated carbocycles. The molecule has 7 heteroatoms. The highest BCUT2D eigenvalue weighted by molar-refractivity contribution is 7.18. The molecule has 26 heavy (non-hydrogen) atoms. The number of rotatable bonds is 5. The van der Waals surface area contributed by atoms with E-state index in [1.807, 2.05) is 24.5 Å². The maximum atomic E-state index is 5.44. The summed E-state index contributed by atoms with van der Waals surface area (Å²) in [5, 5.41) is 4.67. The third-order valence-corrected chi connectivity index (χ3v) is 5.85. The SMILES string of the molecule is Cc1sc2nc(CN3CCOCC3)nc(NCc3ccncc3)c2c1C. The second-order valence-corrected chi connectivity index (χ2v) is 7.75. The molecule has 0 aromatic carbocycles. The minimum absolute atomic E-state index is 0.722. The summed E-state index contributed by atoms with van der Waals surface area (Å²) in [6.07, 6.45) is 3.63. The average Bonchev–Trinajstić information content (AvgIpc) is 2.95. The van der Waals surface area contributed by atoms with E-state index >= 15 is 0 Å². The molecule has 136 valence electrons. The van der Waals surface area contributed by atoms with Gasteiger partial charge in [-0.2, -0.15) is 0 Å². The summed E-state index contributed by atoms with van der Waals surface area (Å²) in [5.41, 5.74) is 2.45. The Morgan fingerprint density at radius 1 is 1.15 bits per heavy atom. The van der Waals surface area contributed by atoms with Crippen LogP contribution < -0.4 is 5.32 Å². The molecule has 4 heterocycles. The lowest BCUT2D eigenvalue weighted by molar-refractivity contribution is 0.0331. The smallest absolute Gasteiger partial charge is 0.146 e. The minimum atomic E-state index is 0.722. The van der Waals surface area contributed by atoms with Crippen molar-refractivity contribution in [3.05, 3.63) is 46.4 Å². The Morgan fingerprint density at radius 2 is 1.92 bits per heavy atom. The number of aromatic nitrogens is 3. The lowest BCUT2D eigenvalue weighted by Gasteiger charge is -2.25. The molecule has 3 aromatic rings. The number of ether oxygens (including phenoxy) is 1. The fraction of sp³-hybridized carbons (Fsp3) is 0.421. The second-order valence-electron chi connectivity index (χ2n) is 6.55. The fourth-order valence-corrected chi connectivity index (χ4v) is 4.19. The molecule has 1 aliphatic heterocycles. The molecule has 0 spiro atoms. The summed E-state index contributed by atoms with van der Waals surface area (Å²) in [7, 11) is 0. The van der Waals surface area contributed by atoms with E-state index in [1.54, 1.807) is 11.3 Å². The summed E-state index contributed by atoms with van der Waals surface area (Å²) in [6, 6.07) is 4.04. The average molecular weight is 369 g/mol. The zero-order valence-electron chi connectivity index (χ0n) is 15.2. The van der Waals surface area contributed by atoms with Crippen molar-refractivity contribution in [1.82, 2.24) is 19.9 Å². The van der Waals surface area contributed by atoms with Crippen LogP contribution in [-0.2, 0) is 17.8 Å². The van der Waals surface area contributed by atoms with Crippen molar-refractivity contribution in [2.75, 3.05) is 31.6 Å². The van der Waals surface area contributed by atoms with Gasteiger partial charge < -0.3 is 10.1 Å². The molecule has 4 rings (SSSR count). The number of hydrogen-bond donors (Lipinski definition) is 1. The quantitative estimate of drug-likeness (QED) is 0.745. The first-order valence-corrected chi connectivity index (χ1v) is 9.72. The molecule has 1 aliphatic rings. The Labute approximate surface area is 157 Å². The molecule has 1 saturated heterocycles. The Kier molecular flexibility index (Phi) is 5.10. The maximum Gasteiger partial charge on any atom is 0.146 e. The number of nitrogens with zero attached hydrogens (tertiary/aromatic N) is 4. The van der Waals surface area contributed by atoms with Crippen LogP contribution in [0.25, 0.3) is 10.2 Å². The van der Waals surface area contributed by atoms with Crippen LogP contribution in [0.5, 0.6) is 0 Å². The van der Waals surface area contributed by atoms with Crippen LogP contribution in [0.15, 0.2) is 24.5 Å². The summed E-state index contributed by atoms with van der Waals surface area (Å²) < 4.78 is 5.44. The predicted molar refractivity (Wildman–Crippen MR) is 105 cm³/mol. The minimum Gasteiger partial charge on any atom is -0.379 e. The van der Waals surface area contributed by atoms with Crippen molar-refractivity contribution in [2.45, 2.75) is 26.9 Å². The number of fused-ring (bicyclic) bond motifs is 1. The van der Waals surface area contributed by atoms with Gasteiger partial charge in [0.05, 0.1) is 25.1 Å². The van der Waals surface area contributed by atoms with Crippen molar-refractivity contribution in [3.8, 4) is 0 Å². The van der Waals surface area contributed by atoms with Crippen molar-refractivity contribution in [1.29, 1.82) is 0 Å². The molecule has 0 atom stereocenters. The second kappa shape index (κ2) is 7.65.